The van der Waals surface area contributed by atoms with Crippen LogP contribution in [0, 0.1) is 0 Å². The smallest absolute Gasteiger partial charge is 0.294 e. The summed E-state index contributed by atoms with van der Waals surface area (Å²) in [5.41, 5.74) is 0.490. The minimum atomic E-state index is -4.41. The molecular formula is C16H16N2O8S2. The van der Waals surface area contributed by atoms with Crippen LogP contribution in [0.3, 0.4) is 0 Å². The Morgan fingerprint density at radius 2 is 1.07 bits per heavy atom. The summed E-state index contributed by atoms with van der Waals surface area (Å²) in [5, 5.41) is 19.5. The lowest BCUT2D eigenvalue weighted by molar-refractivity contribution is 0.465. The fourth-order valence-corrected chi connectivity index (χ4v) is 3.03. The summed E-state index contributed by atoms with van der Waals surface area (Å²) in [7, 11) is -8.81. The van der Waals surface area contributed by atoms with E-state index in [1.54, 1.807) is 0 Å². The van der Waals surface area contributed by atoms with E-state index in [2.05, 4.69) is 9.98 Å². The number of benzene rings is 2. The molecule has 2 rings (SSSR count). The van der Waals surface area contributed by atoms with E-state index < -0.39 is 30.0 Å². The molecule has 0 saturated heterocycles. The van der Waals surface area contributed by atoms with Gasteiger partial charge in [-0.05, 0) is 24.3 Å². The minimum Gasteiger partial charge on any atom is -0.507 e. The Kier molecular flexibility index (Phi) is 6.51. The monoisotopic (exact) mass is 428 g/mol. The number of rotatable bonds is 7. The summed E-state index contributed by atoms with van der Waals surface area (Å²) in [6.45, 7) is 0.416. The molecule has 0 aromatic heterocycles. The maximum atomic E-state index is 11.0. The zero-order valence-electron chi connectivity index (χ0n) is 14.2. The molecular weight excluding hydrogens is 412 g/mol. The van der Waals surface area contributed by atoms with Crippen LogP contribution in [0.15, 0.2) is 56.2 Å². The van der Waals surface area contributed by atoms with E-state index in [0.29, 0.717) is 0 Å². The van der Waals surface area contributed by atoms with Gasteiger partial charge in [-0.15, -0.1) is 0 Å². The Morgan fingerprint density at radius 3 is 1.36 bits per heavy atom. The maximum absolute atomic E-state index is 11.0. The Balaban J connectivity index is 1.96. The summed E-state index contributed by atoms with van der Waals surface area (Å²) in [4.78, 5) is 7.14. The zero-order chi connectivity index (χ0) is 20.9. The molecule has 0 aliphatic heterocycles. The van der Waals surface area contributed by atoms with Crippen LogP contribution >= 0.6 is 0 Å². The second-order valence-corrected chi connectivity index (χ2v) is 8.31. The van der Waals surface area contributed by atoms with Gasteiger partial charge >= 0.3 is 0 Å². The number of aliphatic imine (C=N–C) groups is 2. The third-order valence-corrected chi connectivity index (χ3v) is 5.12. The van der Waals surface area contributed by atoms with E-state index in [-0.39, 0.29) is 35.7 Å². The molecule has 0 bridgehead atoms. The largest absolute Gasteiger partial charge is 0.507 e. The highest BCUT2D eigenvalue weighted by Gasteiger charge is 2.12. The first-order chi connectivity index (χ1) is 13.0. The standard InChI is InChI=1S/C16H16N2O8S2/c19-15-7-13(27(21,22)23)3-1-11(15)9-17-5-6-18-10-12-2-4-14(8-16(12)20)28(24,25)26/h1-4,7-10,19-20H,5-6H2,(H,21,22,23)(H,24,25,26). The molecule has 0 aliphatic carbocycles. The van der Waals surface area contributed by atoms with E-state index >= 15 is 0 Å². The summed E-state index contributed by atoms with van der Waals surface area (Å²) in [6.07, 6.45) is 2.61. The number of phenolic OH excluding ortho intramolecular Hbond substituents is 2. The molecule has 0 aliphatic rings. The molecule has 0 atom stereocenters. The average molecular weight is 428 g/mol. The second kappa shape index (κ2) is 8.48. The van der Waals surface area contributed by atoms with Crippen LogP contribution in [-0.4, -0.2) is 61.7 Å². The SMILES string of the molecule is O=S(=O)(O)c1ccc(C=NCCN=Cc2ccc(S(=O)(=O)O)cc2O)c(O)c1. The predicted octanol–water partition coefficient (Wildman–Crippen LogP) is 1.13. The molecule has 2 aromatic rings. The van der Waals surface area contributed by atoms with Crippen molar-refractivity contribution in [2.24, 2.45) is 9.98 Å². The van der Waals surface area contributed by atoms with Gasteiger partial charge in [-0.1, -0.05) is 0 Å². The summed E-state index contributed by atoms with van der Waals surface area (Å²) in [5.74, 6) is -0.738. The molecule has 0 saturated carbocycles. The van der Waals surface area contributed by atoms with Crippen molar-refractivity contribution in [2.45, 2.75) is 9.79 Å². The van der Waals surface area contributed by atoms with E-state index in [1.165, 1.54) is 24.6 Å². The van der Waals surface area contributed by atoms with Crippen molar-refractivity contribution in [3.05, 3.63) is 47.5 Å². The van der Waals surface area contributed by atoms with Crippen LogP contribution in [0.1, 0.15) is 11.1 Å². The van der Waals surface area contributed by atoms with Crippen LogP contribution in [0.25, 0.3) is 0 Å². The van der Waals surface area contributed by atoms with Gasteiger partial charge < -0.3 is 10.2 Å². The number of phenols is 2. The quantitative estimate of drug-likeness (QED) is 0.288. The van der Waals surface area contributed by atoms with Gasteiger partial charge in [0.15, 0.2) is 0 Å². The van der Waals surface area contributed by atoms with Crippen LogP contribution in [0.4, 0.5) is 0 Å². The molecule has 2 aromatic carbocycles. The van der Waals surface area contributed by atoms with Gasteiger partial charge in [0.25, 0.3) is 20.2 Å². The lowest BCUT2D eigenvalue weighted by atomic mass is 10.2. The first-order valence-electron chi connectivity index (χ1n) is 7.59. The summed E-state index contributed by atoms with van der Waals surface area (Å²) < 4.78 is 61.7. The van der Waals surface area contributed by atoms with E-state index in [9.17, 15) is 27.0 Å². The van der Waals surface area contributed by atoms with Gasteiger partial charge in [0.05, 0.1) is 22.9 Å². The molecule has 28 heavy (non-hydrogen) atoms. The molecule has 12 heteroatoms. The first-order valence-corrected chi connectivity index (χ1v) is 10.5. The van der Waals surface area contributed by atoms with Gasteiger partial charge in [0, 0.05) is 35.7 Å². The zero-order valence-corrected chi connectivity index (χ0v) is 15.8. The third kappa shape index (κ3) is 5.85. The lowest BCUT2D eigenvalue weighted by Gasteiger charge is -2.02. The molecule has 0 spiro atoms. The minimum absolute atomic E-state index is 0.208. The van der Waals surface area contributed by atoms with Crippen molar-refractivity contribution in [1.29, 1.82) is 0 Å². The Morgan fingerprint density at radius 1 is 0.714 bits per heavy atom. The molecule has 150 valence electrons. The highest BCUT2D eigenvalue weighted by molar-refractivity contribution is 7.86. The first kappa shape index (κ1) is 21.5. The summed E-state index contributed by atoms with van der Waals surface area (Å²) >= 11 is 0. The van der Waals surface area contributed by atoms with Crippen molar-refractivity contribution in [1.82, 2.24) is 0 Å². The molecule has 0 unspecified atom stereocenters. The van der Waals surface area contributed by atoms with E-state index in [0.717, 1.165) is 24.3 Å². The Labute approximate surface area is 161 Å². The van der Waals surface area contributed by atoms with Crippen LogP contribution in [0.2, 0.25) is 0 Å². The van der Waals surface area contributed by atoms with Crippen molar-refractivity contribution in [3.8, 4) is 11.5 Å². The summed E-state index contributed by atoms with van der Waals surface area (Å²) in [6, 6.07) is 6.59. The van der Waals surface area contributed by atoms with Crippen LogP contribution in [-0.2, 0) is 20.2 Å². The number of hydrogen-bond acceptors (Lipinski definition) is 8. The van der Waals surface area contributed by atoms with Gasteiger partial charge in [0.2, 0.25) is 0 Å². The molecule has 0 radical (unpaired) electrons. The number of hydrogen-bond donors (Lipinski definition) is 4. The molecule has 10 nitrogen and oxygen atoms in total. The van der Waals surface area contributed by atoms with E-state index in [4.69, 9.17) is 9.11 Å². The van der Waals surface area contributed by atoms with Gasteiger partial charge in [-0.25, -0.2) is 0 Å². The average Bonchev–Trinajstić information content (AvgIpc) is 2.58. The third-order valence-electron chi connectivity index (χ3n) is 3.42. The molecule has 0 fully saturated rings. The Bertz CT molecular complexity index is 1050. The fraction of sp³-hybridized carbons (Fsp3) is 0.125. The maximum Gasteiger partial charge on any atom is 0.294 e. The highest BCUT2D eigenvalue weighted by Crippen LogP contribution is 2.21. The normalized spacial score (nSPS) is 12.8. The molecule has 0 heterocycles. The van der Waals surface area contributed by atoms with Gasteiger partial charge in [-0.3, -0.25) is 19.1 Å². The van der Waals surface area contributed by atoms with Crippen molar-refractivity contribution < 1.29 is 36.2 Å². The molecule has 4 N–H and O–H groups in total. The number of aromatic hydroxyl groups is 2. The molecule has 0 amide bonds. The van der Waals surface area contributed by atoms with Crippen molar-refractivity contribution >= 4 is 32.7 Å². The van der Waals surface area contributed by atoms with E-state index in [1.807, 2.05) is 0 Å². The topological polar surface area (TPSA) is 174 Å². The predicted molar refractivity (Wildman–Crippen MR) is 101 cm³/mol. The van der Waals surface area contributed by atoms with Crippen LogP contribution in [0.5, 0.6) is 11.5 Å². The Hall–Kier alpha value is -2.80. The second-order valence-electron chi connectivity index (χ2n) is 5.46. The van der Waals surface area contributed by atoms with Gasteiger partial charge in [-0.2, -0.15) is 16.8 Å². The lowest BCUT2D eigenvalue weighted by Crippen LogP contribution is -1.99. The highest BCUT2D eigenvalue weighted by atomic mass is 32.2. The van der Waals surface area contributed by atoms with Crippen molar-refractivity contribution in [2.75, 3.05) is 13.1 Å². The van der Waals surface area contributed by atoms with Crippen LogP contribution < -0.4 is 0 Å². The van der Waals surface area contributed by atoms with Gasteiger partial charge in [0.1, 0.15) is 11.5 Å². The fourth-order valence-electron chi connectivity index (χ4n) is 2.03. The number of nitrogens with zero attached hydrogens (tertiary/aromatic N) is 2. The van der Waals surface area contributed by atoms with Crippen molar-refractivity contribution in [3.63, 3.8) is 0 Å².